The number of hydrogen-bond donors (Lipinski definition) is 2. The lowest BCUT2D eigenvalue weighted by Gasteiger charge is -2.17. The Morgan fingerprint density at radius 3 is 2.63 bits per heavy atom. The molecule has 0 heterocycles. The highest BCUT2D eigenvalue weighted by molar-refractivity contribution is 8.00. The number of aliphatic hydroxyl groups excluding tert-OH is 1. The van der Waals surface area contributed by atoms with Crippen LogP contribution in [0.5, 0.6) is 0 Å². The summed E-state index contributed by atoms with van der Waals surface area (Å²) in [4.78, 5) is 12.8. The standard InChI is InChI=1S/C20H20ClF2NO2S/c21-16-10-13(6-8-17(16)22)24-20(26)12-5-7-18(23)19(9-12)27-15-4-2-1-3-14(25)11-15/h5-10,14-15,25H,1-4,11H2,(H,24,26)/t14-,15?/m0/s1. The SMILES string of the molecule is O=C(Nc1ccc(F)c(Cl)c1)c1ccc(F)c(SC2CCCC[C@H](O)C2)c1. The molecule has 7 heteroatoms. The second-order valence-corrected chi connectivity index (χ2v) is 8.39. The van der Waals surface area contributed by atoms with Crippen molar-refractivity contribution in [3.63, 3.8) is 0 Å². The molecule has 1 aliphatic rings. The number of nitrogens with one attached hydrogen (secondary N) is 1. The van der Waals surface area contributed by atoms with Crippen molar-refractivity contribution in [1.29, 1.82) is 0 Å². The number of anilines is 1. The Kier molecular flexibility index (Phi) is 6.73. The maximum Gasteiger partial charge on any atom is 0.255 e. The zero-order valence-corrected chi connectivity index (χ0v) is 16.1. The first-order valence-corrected chi connectivity index (χ1v) is 10.1. The monoisotopic (exact) mass is 411 g/mol. The first-order chi connectivity index (χ1) is 12.9. The number of carbonyl (C=O) groups excluding carboxylic acids is 1. The average molecular weight is 412 g/mol. The van der Waals surface area contributed by atoms with Gasteiger partial charge in [-0.15, -0.1) is 11.8 Å². The van der Waals surface area contributed by atoms with Crippen LogP contribution in [0.25, 0.3) is 0 Å². The lowest BCUT2D eigenvalue weighted by atomic mass is 10.2. The largest absolute Gasteiger partial charge is 0.393 e. The summed E-state index contributed by atoms with van der Waals surface area (Å²) in [6, 6.07) is 8.08. The van der Waals surface area contributed by atoms with Crippen LogP contribution in [-0.4, -0.2) is 22.4 Å². The number of rotatable bonds is 4. The van der Waals surface area contributed by atoms with Gasteiger partial charge in [0.05, 0.1) is 11.1 Å². The van der Waals surface area contributed by atoms with Gasteiger partial charge in [0.15, 0.2) is 0 Å². The van der Waals surface area contributed by atoms with Gasteiger partial charge in [0.2, 0.25) is 0 Å². The van der Waals surface area contributed by atoms with Crippen molar-refractivity contribution >= 4 is 35.0 Å². The molecule has 0 radical (unpaired) electrons. The van der Waals surface area contributed by atoms with E-state index in [0.29, 0.717) is 22.6 Å². The Morgan fingerprint density at radius 1 is 1.11 bits per heavy atom. The molecule has 1 fully saturated rings. The Morgan fingerprint density at radius 2 is 1.85 bits per heavy atom. The van der Waals surface area contributed by atoms with Gasteiger partial charge in [-0.2, -0.15) is 0 Å². The van der Waals surface area contributed by atoms with Crippen LogP contribution in [0.3, 0.4) is 0 Å². The Labute approximate surface area is 166 Å². The fourth-order valence-corrected chi connectivity index (χ4v) is 4.61. The van der Waals surface area contributed by atoms with E-state index in [2.05, 4.69) is 5.32 Å². The van der Waals surface area contributed by atoms with Gasteiger partial charge in [-0.25, -0.2) is 8.78 Å². The summed E-state index contributed by atoms with van der Waals surface area (Å²) in [7, 11) is 0. The zero-order valence-electron chi connectivity index (χ0n) is 14.6. The maximum absolute atomic E-state index is 14.2. The molecule has 2 atom stereocenters. The second kappa shape index (κ2) is 9.04. The van der Waals surface area contributed by atoms with E-state index in [0.717, 1.165) is 25.7 Å². The fraction of sp³-hybridized carbons (Fsp3) is 0.350. The summed E-state index contributed by atoms with van der Waals surface area (Å²) < 4.78 is 27.5. The molecule has 1 amide bonds. The number of benzene rings is 2. The molecule has 1 saturated carbocycles. The lowest BCUT2D eigenvalue weighted by molar-refractivity contribution is 0.102. The summed E-state index contributed by atoms with van der Waals surface area (Å²) in [6.07, 6.45) is 3.93. The molecular weight excluding hydrogens is 392 g/mol. The Bertz CT molecular complexity index is 834. The predicted octanol–water partition coefficient (Wildman–Crippen LogP) is 5.66. The lowest BCUT2D eigenvalue weighted by Crippen LogP contribution is -2.14. The highest BCUT2D eigenvalue weighted by Gasteiger charge is 2.21. The van der Waals surface area contributed by atoms with Crippen LogP contribution in [0.1, 0.15) is 42.5 Å². The van der Waals surface area contributed by atoms with E-state index in [1.54, 1.807) is 0 Å². The minimum Gasteiger partial charge on any atom is -0.393 e. The smallest absolute Gasteiger partial charge is 0.255 e. The third-order valence-electron chi connectivity index (χ3n) is 4.51. The molecule has 0 saturated heterocycles. The average Bonchev–Trinajstić information content (AvgIpc) is 2.84. The van der Waals surface area contributed by atoms with Crippen molar-refractivity contribution in [1.82, 2.24) is 0 Å². The van der Waals surface area contributed by atoms with Gasteiger partial charge in [-0.05, 0) is 55.7 Å². The van der Waals surface area contributed by atoms with Gasteiger partial charge in [0.25, 0.3) is 5.91 Å². The van der Waals surface area contributed by atoms with Crippen molar-refractivity contribution in [2.75, 3.05) is 5.32 Å². The normalized spacial score (nSPS) is 20.1. The van der Waals surface area contributed by atoms with E-state index >= 15 is 0 Å². The number of halogens is 3. The molecule has 1 unspecified atom stereocenters. The molecular formula is C20H20ClF2NO2S. The van der Waals surface area contributed by atoms with Crippen LogP contribution in [0.2, 0.25) is 5.02 Å². The van der Waals surface area contributed by atoms with Gasteiger partial charge in [-0.1, -0.05) is 24.4 Å². The van der Waals surface area contributed by atoms with Gasteiger partial charge in [-0.3, -0.25) is 4.79 Å². The van der Waals surface area contributed by atoms with Gasteiger partial charge in [0.1, 0.15) is 11.6 Å². The van der Waals surface area contributed by atoms with Gasteiger partial charge >= 0.3 is 0 Å². The number of amides is 1. The first kappa shape index (κ1) is 20.1. The van der Waals surface area contributed by atoms with Crippen LogP contribution in [0.15, 0.2) is 41.3 Å². The molecule has 2 aromatic carbocycles. The summed E-state index contributed by atoms with van der Waals surface area (Å²) in [5.74, 6) is -1.39. The van der Waals surface area contributed by atoms with Crippen LogP contribution in [-0.2, 0) is 0 Å². The van der Waals surface area contributed by atoms with Crippen molar-refractivity contribution in [2.45, 2.75) is 48.4 Å². The molecule has 0 aromatic heterocycles. The second-order valence-electron chi connectivity index (χ2n) is 6.64. The van der Waals surface area contributed by atoms with Crippen LogP contribution >= 0.6 is 23.4 Å². The summed E-state index contributed by atoms with van der Waals surface area (Å²) in [5, 5.41) is 12.6. The number of thioether (sulfide) groups is 1. The highest BCUT2D eigenvalue weighted by Crippen LogP contribution is 2.35. The predicted molar refractivity (Wildman–Crippen MR) is 105 cm³/mol. The minimum atomic E-state index is -0.569. The van der Waals surface area contributed by atoms with Gasteiger partial charge in [0, 0.05) is 21.4 Å². The van der Waals surface area contributed by atoms with E-state index in [1.807, 2.05) is 0 Å². The van der Waals surface area contributed by atoms with Crippen molar-refractivity contribution in [3.05, 3.63) is 58.6 Å². The molecule has 0 aliphatic heterocycles. The molecule has 2 aromatic rings. The van der Waals surface area contributed by atoms with Crippen LogP contribution in [0, 0.1) is 11.6 Å². The van der Waals surface area contributed by atoms with E-state index in [4.69, 9.17) is 11.6 Å². The van der Waals surface area contributed by atoms with E-state index in [9.17, 15) is 18.7 Å². The third-order valence-corrected chi connectivity index (χ3v) is 6.13. The van der Waals surface area contributed by atoms with Crippen molar-refractivity contribution in [2.24, 2.45) is 0 Å². The molecule has 0 spiro atoms. The molecule has 3 rings (SSSR count). The zero-order chi connectivity index (χ0) is 19.4. The third kappa shape index (κ3) is 5.43. The van der Waals surface area contributed by atoms with Crippen molar-refractivity contribution in [3.8, 4) is 0 Å². The van der Waals surface area contributed by atoms with Crippen LogP contribution < -0.4 is 5.32 Å². The minimum absolute atomic E-state index is 0.0879. The van der Waals surface area contributed by atoms with Crippen molar-refractivity contribution < 1.29 is 18.7 Å². The first-order valence-electron chi connectivity index (χ1n) is 8.83. The summed E-state index contributed by atoms with van der Waals surface area (Å²) in [6.45, 7) is 0. The van der Waals surface area contributed by atoms with E-state index in [-0.39, 0.29) is 22.2 Å². The van der Waals surface area contributed by atoms with Gasteiger partial charge < -0.3 is 10.4 Å². The number of aliphatic hydroxyl groups is 1. The molecule has 3 nitrogen and oxygen atoms in total. The highest BCUT2D eigenvalue weighted by atomic mass is 35.5. The summed E-state index contributed by atoms with van der Waals surface area (Å²) in [5.41, 5.74) is 0.658. The quantitative estimate of drug-likeness (QED) is 0.638. The summed E-state index contributed by atoms with van der Waals surface area (Å²) >= 11 is 7.09. The maximum atomic E-state index is 14.2. The fourth-order valence-electron chi connectivity index (χ4n) is 3.09. The number of hydrogen-bond acceptors (Lipinski definition) is 3. The molecule has 2 N–H and O–H groups in total. The molecule has 27 heavy (non-hydrogen) atoms. The van der Waals surface area contributed by atoms with Crippen LogP contribution in [0.4, 0.5) is 14.5 Å². The van der Waals surface area contributed by atoms with E-state index < -0.39 is 11.7 Å². The topological polar surface area (TPSA) is 49.3 Å². The van der Waals surface area contributed by atoms with E-state index in [1.165, 1.54) is 48.2 Å². The Balaban J connectivity index is 1.73. The molecule has 1 aliphatic carbocycles. The molecule has 144 valence electrons. The molecule has 0 bridgehead atoms. The Hall–Kier alpha value is -1.63. The number of carbonyl (C=O) groups is 1.